The van der Waals surface area contributed by atoms with Crippen molar-refractivity contribution in [3.05, 3.63) is 397 Å². The van der Waals surface area contributed by atoms with Crippen molar-refractivity contribution in [1.29, 1.82) is 0 Å². The van der Waals surface area contributed by atoms with Gasteiger partial charge in [-0.05, 0) is 267 Å². The Hall–Kier alpha value is -9.62. The molecule has 0 amide bonds. The van der Waals surface area contributed by atoms with Gasteiger partial charge < -0.3 is 44.6 Å². The van der Waals surface area contributed by atoms with Gasteiger partial charge in [-0.1, -0.05) is 185 Å². The molecule has 0 spiro atoms. The first kappa shape index (κ1) is 136. The molecule has 144 heavy (non-hydrogen) atoms. The molecule has 12 nitrogen and oxygen atoms in total. The largest absolute Gasteiger partial charge is 2.00 e. The normalized spacial score (nSPS) is 12.0. The number of nitrogens with zero attached hydrogens (tertiary/aromatic N) is 12. The first-order valence-corrected chi connectivity index (χ1v) is 50.4. The molecule has 0 bridgehead atoms. The van der Waals surface area contributed by atoms with E-state index in [0.717, 1.165) is 143 Å². The van der Waals surface area contributed by atoms with E-state index < -0.39 is 0 Å². The van der Waals surface area contributed by atoms with Gasteiger partial charge in [0, 0.05) is 144 Å². The summed E-state index contributed by atoms with van der Waals surface area (Å²) in [6.07, 6.45) is 6.29. The van der Waals surface area contributed by atoms with Gasteiger partial charge in [-0.3, -0.25) is 39.9 Å². The summed E-state index contributed by atoms with van der Waals surface area (Å²) < 4.78 is 9.24. The van der Waals surface area contributed by atoms with Gasteiger partial charge in [0.25, 0.3) is 0 Å². The maximum absolute atomic E-state index is 4.98. The van der Waals surface area contributed by atoms with E-state index in [9.17, 15) is 0 Å². The third-order valence-corrected chi connectivity index (χ3v) is 24.7. The van der Waals surface area contributed by atoms with Crippen LogP contribution < -0.4 is 0 Å². The third-order valence-electron chi connectivity index (χ3n) is 24.7. The van der Waals surface area contributed by atoms with Crippen LogP contribution in [0, 0.1) is 155 Å². The predicted octanol–water partition coefficient (Wildman–Crippen LogP) is 33.2. The van der Waals surface area contributed by atoms with Crippen LogP contribution in [0.4, 0.5) is 45.5 Å². The van der Waals surface area contributed by atoms with Crippen LogP contribution in [0.25, 0.3) is 0 Å². The molecule has 12 aromatic rings. The molecule has 4 aromatic heterocycles. The number of rotatable bonds is 24. The van der Waals surface area contributed by atoms with Crippen molar-refractivity contribution in [3.63, 3.8) is 0 Å². The molecular weight excluding hydrogens is 1980 g/mol. The minimum Gasteiger partial charge on any atom is 2.00 e. The maximum Gasteiger partial charge on any atom is 2.00 e. The van der Waals surface area contributed by atoms with E-state index in [1.807, 2.05) is 0 Å². The average Bonchev–Trinajstić information content (AvgIpc) is 0.804. The van der Waals surface area contributed by atoms with Gasteiger partial charge in [-0.2, -0.15) is 0 Å². The van der Waals surface area contributed by atoms with E-state index in [0.29, 0.717) is 0 Å². The van der Waals surface area contributed by atoms with Gasteiger partial charge in [-0.25, -0.2) is 18.3 Å². The zero-order chi connectivity index (χ0) is 99.6. The monoisotopic (exact) mass is 2150 g/mol. The number of aliphatic imine (C=N–C) groups is 4. The van der Waals surface area contributed by atoms with E-state index >= 15 is 0 Å². The molecule has 0 aliphatic heterocycles. The van der Waals surface area contributed by atoms with Crippen LogP contribution >= 0.6 is 20.2 Å². The number of aromatic nitrogens is 4. The molecule has 8 aromatic carbocycles. The van der Waals surface area contributed by atoms with E-state index in [2.05, 4.69) is 460 Å². The van der Waals surface area contributed by atoms with Crippen LogP contribution in [0.2, 0.25) is 0 Å². The maximum atomic E-state index is 4.98. The third kappa shape index (κ3) is 40.9. The van der Waals surface area contributed by atoms with Crippen molar-refractivity contribution in [1.82, 2.24) is 19.9 Å². The summed E-state index contributed by atoms with van der Waals surface area (Å²) in [5, 5.41) is 0. The van der Waals surface area contributed by atoms with Crippen molar-refractivity contribution in [2.75, 3.05) is 28.2 Å². The van der Waals surface area contributed by atoms with Crippen molar-refractivity contribution in [2.24, 2.45) is 20.0 Å². The molecule has 776 valence electrons. The summed E-state index contributed by atoms with van der Waals surface area (Å²) in [5.74, 6) is 0. The zero-order valence-electron chi connectivity index (χ0n) is 94.8. The van der Waals surface area contributed by atoms with E-state index in [1.54, 1.807) is 0 Å². The summed E-state index contributed by atoms with van der Waals surface area (Å²) in [7, 11) is 18.2. The summed E-state index contributed by atoms with van der Waals surface area (Å²) >= 11 is 0.194. The molecule has 4 heterocycles. The summed E-state index contributed by atoms with van der Waals surface area (Å²) in [6, 6.07) is 73.0. The fraction of sp³-hybridized carbons (Fsp3) is 0.349. The second kappa shape index (κ2) is 63.8. The number of pyridine rings is 4. The number of para-hydroxylation sites is 4. The molecule has 0 unspecified atom stereocenters. The second-order valence-corrected chi connectivity index (χ2v) is 41.3. The van der Waals surface area contributed by atoms with Crippen LogP contribution in [0.1, 0.15) is 243 Å². The number of hydrogen-bond donors (Lipinski definition) is 0. The Labute approximate surface area is 920 Å². The Bertz CT molecular complexity index is 6160. The van der Waals surface area contributed by atoms with Crippen molar-refractivity contribution >= 4 is 111 Å². The molecule has 0 atom stereocenters. The van der Waals surface area contributed by atoms with Gasteiger partial charge >= 0.3 is 84.5 Å². The fourth-order valence-electron chi connectivity index (χ4n) is 18.2. The Kier molecular flexibility index (Phi) is 60.5. The first-order valence-electron chi connectivity index (χ1n) is 47.3. The van der Waals surface area contributed by atoms with Crippen molar-refractivity contribution in [3.8, 4) is 0 Å². The SMILES string of the molecule is CC(Cc1cccc(CC(C)=[N+](C)c2c(C)cc(C)cc2C)n1)=Nc1c(C)cc(C)cc1C.CC(Cc1cccc(CC(C)=[N+](C)c2c(C)cc(C)cc2C)n1)=Nc1c(C)cc(C)cc1C.CC(Cc1cccc(CC(C)=[N+](C)c2c(C)cccc2C)n1)=Nc1c(C)cccc1C.CC(Cc1cccc(CC(C)=[N+](C)c2ccccc2C(C)(C)C)n1)=Nc1ccccc1C(C)(C)C.[CH3-].[CH3-].[CH3-].[CH3-].[CH3-].[CH3-].[Cl][Fe][Cl].[Fe+2].[Fe+2].[Fe+2]. The van der Waals surface area contributed by atoms with Crippen LogP contribution in [-0.2, 0) is 127 Å². The number of aryl methyl sites for hydroxylation is 16. The molecular formula is C126H170Cl2Fe4N12+4. The molecule has 0 fully saturated rings. The van der Waals surface area contributed by atoms with Gasteiger partial charge in [0.1, 0.15) is 28.2 Å². The number of benzene rings is 8. The summed E-state index contributed by atoms with van der Waals surface area (Å²) in [6.45, 7) is 65.1. The van der Waals surface area contributed by atoms with Crippen LogP contribution in [0.15, 0.2) is 226 Å². The Balaban J connectivity index is 0. The van der Waals surface area contributed by atoms with E-state index in [4.69, 9.17) is 60.1 Å². The summed E-state index contributed by atoms with van der Waals surface area (Å²) in [5.41, 5.74) is 50.6. The van der Waals surface area contributed by atoms with Crippen LogP contribution in [-0.4, -0.2) is 112 Å². The van der Waals surface area contributed by atoms with E-state index in [1.165, 1.54) is 146 Å². The van der Waals surface area contributed by atoms with Crippen molar-refractivity contribution in [2.45, 2.75) is 270 Å². The molecule has 0 saturated carbocycles. The molecule has 0 radical (unpaired) electrons. The molecule has 12 rings (SSSR count). The minimum absolute atomic E-state index is 0. The van der Waals surface area contributed by atoms with Crippen LogP contribution in [0.5, 0.6) is 0 Å². The van der Waals surface area contributed by atoms with Gasteiger partial charge in [0.05, 0.1) is 71.2 Å². The van der Waals surface area contributed by atoms with Crippen LogP contribution in [0.3, 0.4) is 0 Å². The van der Waals surface area contributed by atoms with Gasteiger partial charge in [0.2, 0.25) is 22.7 Å². The molecule has 18 heteroatoms. The first-order chi connectivity index (χ1) is 63.6. The zero-order valence-corrected chi connectivity index (χ0v) is 101. The van der Waals surface area contributed by atoms with Gasteiger partial charge in [0.15, 0.2) is 22.8 Å². The fourth-order valence-corrected chi connectivity index (χ4v) is 18.2. The quantitative estimate of drug-likeness (QED) is 0.0259. The topological polar surface area (TPSA) is 113 Å². The molecule has 0 N–H and O–H groups in total. The standard InChI is InChI=1S/C32H42N3.2C30H38N3.C28H34N3.6CH3.2ClH.4Fe/c1-23(33-29-19-12-10-17-27(29)31(3,4)5)21-25-15-14-16-26(34-25)22-24(2)35(9)30-20-13-11-18-28(30)32(6,7)8;2*1-19-13-21(3)29(22(4)14-19)31-25(7)17-27-11-10-12-28(32-27)18-26(8)33(9)30-23(5)15-20(2)16-24(30)6;1-19-11-8-12-20(2)27(19)29-23(5)17-25-15-10-16-26(30-25)18-24(6)31(7)28-21(3)13-9-14-22(28)4;;;;;;;;;;;;/h10-20H,21-22H2,1-9H3;2*10-16H,17-18H2,1-9H3;8-16H,17-18H2,1-7H3;6*1H3;2*1H;;;;/q4*+1;6*-1;;;4*+2/p-2. The smallest absolute Gasteiger partial charge is 2.00 e. The van der Waals surface area contributed by atoms with Gasteiger partial charge in [-0.15, -0.1) is 0 Å². The Morgan fingerprint density at radius 1 is 0.257 bits per heavy atom. The second-order valence-electron chi connectivity index (χ2n) is 39.5. The average molecular weight is 2150 g/mol. The predicted molar refractivity (Wildman–Crippen MR) is 619 cm³/mol. The number of hydrogen-bond acceptors (Lipinski definition) is 8. The molecule has 0 aliphatic rings. The summed E-state index contributed by atoms with van der Waals surface area (Å²) in [4.78, 5) is 39.6. The minimum atomic E-state index is 0. The molecule has 0 saturated heterocycles. The molecule has 0 aliphatic carbocycles. The van der Waals surface area contributed by atoms with Crippen molar-refractivity contribution < 1.29 is 82.6 Å². The Morgan fingerprint density at radius 3 is 0.743 bits per heavy atom. The Morgan fingerprint density at radius 2 is 0.465 bits per heavy atom. The van der Waals surface area contributed by atoms with E-state index in [-0.39, 0.29) is 120 Å². The number of halogens is 2.